The Morgan fingerprint density at radius 2 is 1.95 bits per heavy atom. The van der Waals surface area contributed by atoms with Crippen molar-refractivity contribution < 1.29 is 14.7 Å². The van der Waals surface area contributed by atoms with Crippen molar-refractivity contribution in [3.63, 3.8) is 0 Å². The molecule has 108 valence electrons. The summed E-state index contributed by atoms with van der Waals surface area (Å²) in [7, 11) is 0. The average Bonchev–Trinajstić information content (AvgIpc) is 3.04. The van der Waals surface area contributed by atoms with Crippen LogP contribution in [-0.2, 0) is 9.59 Å². The third kappa shape index (κ3) is 2.89. The van der Waals surface area contributed by atoms with E-state index < -0.39 is 18.1 Å². The van der Waals surface area contributed by atoms with E-state index in [4.69, 9.17) is 5.73 Å². The van der Waals surface area contributed by atoms with E-state index in [9.17, 15) is 14.7 Å². The molecule has 1 aliphatic heterocycles. The Bertz CT molecular complexity index is 390. The standard InChI is InChI=1S/C13H22N2O3S/c1-13(2,3)9(14)10(16)15-8(12(17)18)6-19-11(15)7-4-5-7/h7-9,11H,4-6,14H2,1-3H3,(H,17,18)/t8?,9-,11?/m0/s1. The lowest BCUT2D eigenvalue weighted by Crippen LogP contribution is -2.56. The zero-order valence-electron chi connectivity index (χ0n) is 11.6. The summed E-state index contributed by atoms with van der Waals surface area (Å²) < 4.78 is 0. The summed E-state index contributed by atoms with van der Waals surface area (Å²) >= 11 is 1.58. The van der Waals surface area contributed by atoms with E-state index in [1.165, 1.54) is 0 Å². The molecule has 2 rings (SSSR count). The fraction of sp³-hybridized carbons (Fsp3) is 0.846. The van der Waals surface area contributed by atoms with Crippen LogP contribution in [0.5, 0.6) is 0 Å². The van der Waals surface area contributed by atoms with Gasteiger partial charge in [-0.1, -0.05) is 20.8 Å². The zero-order valence-corrected chi connectivity index (χ0v) is 12.4. The zero-order chi connectivity index (χ0) is 14.4. The highest BCUT2D eigenvalue weighted by molar-refractivity contribution is 8.00. The van der Waals surface area contributed by atoms with Crippen LogP contribution in [0.4, 0.5) is 0 Å². The highest BCUT2D eigenvalue weighted by Gasteiger charge is 2.49. The van der Waals surface area contributed by atoms with Gasteiger partial charge in [-0.3, -0.25) is 4.79 Å². The summed E-state index contributed by atoms with van der Waals surface area (Å²) in [4.78, 5) is 25.4. The number of carbonyl (C=O) groups is 2. The van der Waals surface area contributed by atoms with Crippen LogP contribution in [-0.4, -0.2) is 45.1 Å². The number of hydrogen-bond donors (Lipinski definition) is 2. The van der Waals surface area contributed by atoms with Crippen LogP contribution in [0.1, 0.15) is 33.6 Å². The fourth-order valence-corrected chi connectivity index (χ4v) is 3.91. The summed E-state index contributed by atoms with van der Waals surface area (Å²) in [6.45, 7) is 5.71. The summed E-state index contributed by atoms with van der Waals surface area (Å²) in [6, 6.07) is -1.38. The molecule has 6 heteroatoms. The maximum atomic E-state index is 12.6. The second-order valence-electron chi connectivity index (χ2n) is 6.50. The van der Waals surface area contributed by atoms with Gasteiger partial charge >= 0.3 is 5.97 Å². The molecule has 1 amide bonds. The second-order valence-corrected chi connectivity index (χ2v) is 7.65. The molecule has 3 N–H and O–H groups in total. The van der Waals surface area contributed by atoms with Crippen molar-refractivity contribution in [2.45, 2.75) is 51.1 Å². The smallest absolute Gasteiger partial charge is 0.327 e. The second kappa shape index (κ2) is 4.98. The summed E-state index contributed by atoms with van der Waals surface area (Å²) in [5.41, 5.74) is 5.67. The molecule has 0 aromatic carbocycles. The number of hydrogen-bond acceptors (Lipinski definition) is 4. The normalized spacial score (nSPS) is 29.4. The van der Waals surface area contributed by atoms with E-state index in [0.717, 1.165) is 12.8 Å². The van der Waals surface area contributed by atoms with Crippen molar-refractivity contribution in [1.82, 2.24) is 4.90 Å². The number of carboxylic acids is 1. The number of carbonyl (C=O) groups excluding carboxylic acids is 1. The largest absolute Gasteiger partial charge is 0.480 e. The molecular weight excluding hydrogens is 264 g/mol. The van der Waals surface area contributed by atoms with E-state index in [2.05, 4.69) is 0 Å². The van der Waals surface area contributed by atoms with Crippen molar-refractivity contribution in [2.75, 3.05) is 5.75 Å². The first-order valence-electron chi connectivity index (χ1n) is 6.65. The third-order valence-electron chi connectivity index (χ3n) is 3.80. The Balaban J connectivity index is 2.20. The Labute approximate surface area is 117 Å². The Hall–Kier alpha value is -0.750. The van der Waals surface area contributed by atoms with Crippen molar-refractivity contribution in [3.8, 4) is 0 Å². The van der Waals surface area contributed by atoms with Gasteiger partial charge in [-0.25, -0.2) is 4.79 Å². The summed E-state index contributed by atoms with van der Waals surface area (Å²) in [5.74, 6) is -0.226. The number of aliphatic carboxylic acids is 1. The molecule has 0 bridgehead atoms. The Morgan fingerprint density at radius 3 is 2.37 bits per heavy atom. The van der Waals surface area contributed by atoms with Gasteiger partial charge in [-0.15, -0.1) is 11.8 Å². The molecule has 2 fully saturated rings. The molecule has 1 aliphatic carbocycles. The monoisotopic (exact) mass is 286 g/mol. The molecule has 0 radical (unpaired) electrons. The van der Waals surface area contributed by atoms with Gasteiger partial charge in [-0.05, 0) is 24.2 Å². The average molecular weight is 286 g/mol. The Kier molecular flexibility index (Phi) is 3.84. The molecule has 19 heavy (non-hydrogen) atoms. The highest BCUT2D eigenvalue weighted by atomic mass is 32.2. The van der Waals surface area contributed by atoms with Gasteiger partial charge in [0.1, 0.15) is 6.04 Å². The van der Waals surface area contributed by atoms with Crippen LogP contribution in [0.15, 0.2) is 0 Å². The number of thioether (sulfide) groups is 1. The van der Waals surface area contributed by atoms with Crippen LogP contribution in [0.3, 0.4) is 0 Å². The lowest BCUT2D eigenvalue weighted by Gasteiger charge is -2.34. The first-order valence-corrected chi connectivity index (χ1v) is 7.70. The lowest BCUT2D eigenvalue weighted by atomic mass is 9.86. The molecule has 0 spiro atoms. The number of rotatable bonds is 3. The third-order valence-corrected chi connectivity index (χ3v) is 5.26. The van der Waals surface area contributed by atoms with E-state index in [0.29, 0.717) is 11.7 Å². The fourth-order valence-electron chi connectivity index (χ4n) is 2.27. The van der Waals surface area contributed by atoms with E-state index >= 15 is 0 Å². The highest BCUT2D eigenvalue weighted by Crippen LogP contribution is 2.46. The molecule has 1 saturated carbocycles. The SMILES string of the molecule is CC(C)(C)[C@@H](N)C(=O)N1C(C(=O)O)CSC1C1CC1. The number of nitrogens with zero attached hydrogens (tertiary/aromatic N) is 1. The molecule has 1 saturated heterocycles. The van der Waals surface area contributed by atoms with Gasteiger partial charge in [0.15, 0.2) is 0 Å². The topological polar surface area (TPSA) is 83.6 Å². The van der Waals surface area contributed by atoms with Crippen LogP contribution in [0.2, 0.25) is 0 Å². The predicted octanol–water partition coefficient (Wildman–Crippen LogP) is 1.12. The molecule has 2 aliphatic rings. The van der Waals surface area contributed by atoms with Gasteiger partial charge < -0.3 is 15.7 Å². The summed E-state index contributed by atoms with van der Waals surface area (Å²) in [6.07, 6.45) is 2.16. The first-order chi connectivity index (χ1) is 8.73. The van der Waals surface area contributed by atoms with Gasteiger partial charge in [0.25, 0.3) is 0 Å². The van der Waals surface area contributed by atoms with Gasteiger partial charge in [0.2, 0.25) is 5.91 Å². The first kappa shape index (κ1) is 14.7. The maximum Gasteiger partial charge on any atom is 0.327 e. The van der Waals surface area contributed by atoms with Crippen LogP contribution < -0.4 is 5.73 Å². The minimum atomic E-state index is -0.926. The van der Waals surface area contributed by atoms with E-state index in [-0.39, 0.29) is 16.7 Å². The minimum Gasteiger partial charge on any atom is -0.480 e. The van der Waals surface area contributed by atoms with E-state index in [1.807, 2.05) is 20.8 Å². The summed E-state index contributed by atoms with van der Waals surface area (Å²) in [5, 5.41) is 9.29. The van der Waals surface area contributed by atoms with Gasteiger partial charge in [0.05, 0.1) is 11.4 Å². The predicted molar refractivity (Wildman–Crippen MR) is 74.7 cm³/mol. The molecule has 2 unspecified atom stereocenters. The molecule has 3 atom stereocenters. The van der Waals surface area contributed by atoms with Crippen LogP contribution in [0, 0.1) is 11.3 Å². The maximum absolute atomic E-state index is 12.6. The lowest BCUT2D eigenvalue weighted by molar-refractivity contribution is -0.151. The van der Waals surface area contributed by atoms with Crippen molar-refractivity contribution in [3.05, 3.63) is 0 Å². The molecule has 0 aromatic rings. The number of carboxylic acid groups (broad SMARTS) is 1. The van der Waals surface area contributed by atoms with Crippen molar-refractivity contribution >= 4 is 23.6 Å². The van der Waals surface area contributed by atoms with Crippen molar-refractivity contribution in [1.29, 1.82) is 0 Å². The van der Waals surface area contributed by atoms with Gasteiger partial charge in [-0.2, -0.15) is 0 Å². The number of amides is 1. The van der Waals surface area contributed by atoms with Crippen LogP contribution in [0.25, 0.3) is 0 Å². The quantitative estimate of drug-likeness (QED) is 0.812. The minimum absolute atomic E-state index is 0.00185. The molecular formula is C13H22N2O3S. The Morgan fingerprint density at radius 1 is 1.37 bits per heavy atom. The van der Waals surface area contributed by atoms with Crippen molar-refractivity contribution in [2.24, 2.45) is 17.1 Å². The molecule has 5 nitrogen and oxygen atoms in total. The molecule has 1 heterocycles. The molecule has 0 aromatic heterocycles. The van der Waals surface area contributed by atoms with Crippen LogP contribution >= 0.6 is 11.8 Å². The van der Waals surface area contributed by atoms with E-state index in [1.54, 1.807) is 16.7 Å². The number of nitrogens with two attached hydrogens (primary N) is 1. The van der Waals surface area contributed by atoms with Gasteiger partial charge in [0, 0.05) is 5.75 Å².